The van der Waals surface area contributed by atoms with E-state index in [4.69, 9.17) is 34.8 Å². The summed E-state index contributed by atoms with van der Waals surface area (Å²) in [4.78, 5) is 2.29. The van der Waals surface area contributed by atoms with E-state index in [9.17, 15) is 0 Å². The Bertz CT molecular complexity index is 397. The first kappa shape index (κ1) is 18.9. The Morgan fingerprint density at radius 1 is 1.05 bits per heavy atom. The highest BCUT2D eigenvalue weighted by Gasteiger charge is 2.33. The van der Waals surface area contributed by atoms with Gasteiger partial charge in [-0.05, 0) is 44.5 Å². The van der Waals surface area contributed by atoms with Crippen LogP contribution in [0.4, 0.5) is 5.69 Å². The van der Waals surface area contributed by atoms with Gasteiger partial charge in [0.1, 0.15) is 0 Å². The molecule has 2 nitrogen and oxygen atoms in total. The van der Waals surface area contributed by atoms with Gasteiger partial charge in [-0.25, -0.2) is 0 Å². The molecule has 0 fully saturated rings. The number of alkyl halides is 3. The van der Waals surface area contributed by atoms with Crippen LogP contribution in [0.1, 0.15) is 45.2 Å². The summed E-state index contributed by atoms with van der Waals surface area (Å²) < 4.78 is -1.36. The summed E-state index contributed by atoms with van der Waals surface area (Å²) in [6, 6.07) is 7.97. The van der Waals surface area contributed by atoms with E-state index in [1.54, 1.807) is 0 Å². The van der Waals surface area contributed by atoms with Crippen LogP contribution in [-0.2, 0) is 0 Å². The number of benzene rings is 1. The normalized spacial score (nSPS) is 13.2. The van der Waals surface area contributed by atoms with Crippen molar-refractivity contribution in [2.45, 2.75) is 43.4 Å². The summed E-state index contributed by atoms with van der Waals surface area (Å²) in [6.07, 6.45) is 2.18. The van der Waals surface area contributed by atoms with Gasteiger partial charge in [0.15, 0.2) is 0 Å². The average molecular weight is 352 g/mol. The van der Waals surface area contributed by atoms with Gasteiger partial charge in [0, 0.05) is 18.8 Å². The van der Waals surface area contributed by atoms with Crippen molar-refractivity contribution in [1.82, 2.24) is 5.32 Å². The fourth-order valence-electron chi connectivity index (χ4n) is 2.31. The topological polar surface area (TPSA) is 15.3 Å². The molecule has 1 atom stereocenters. The average Bonchev–Trinajstić information content (AvgIpc) is 2.45. The number of halogens is 3. The molecule has 0 bridgehead atoms. The van der Waals surface area contributed by atoms with Crippen LogP contribution < -0.4 is 10.2 Å². The summed E-state index contributed by atoms with van der Waals surface area (Å²) in [6.45, 7) is 9.25. The third-order valence-electron chi connectivity index (χ3n) is 3.56. The Hall–Kier alpha value is -0.150. The van der Waals surface area contributed by atoms with Gasteiger partial charge in [-0.3, -0.25) is 0 Å². The minimum atomic E-state index is -1.36. The van der Waals surface area contributed by atoms with Gasteiger partial charge in [0.05, 0.1) is 6.04 Å². The summed E-state index contributed by atoms with van der Waals surface area (Å²) >= 11 is 18.4. The quantitative estimate of drug-likeness (QED) is 0.503. The molecule has 120 valence electrons. The van der Waals surface area contributed by atoms with E-state index in [1.807, 2.05) is 12.1 Å². The Morgan fingerprint density at radius 3 is 2.05 bits per heavy atom. The molecule has 0 amide bonds. The molecular weight excluding hydrogens is 327 g/mol. The molecule has 0 aliphatic rings. The number of rotatable bonds is 8. The fraction of sp³-hybridized carbons (Fsp3) is 0.625. The predicted molar refractivity (Wildman–Crippen MR) is 95.9 cm³/mol. The van der Waals surface area contributed by atoms with Crippen molar-refractivity contribution in [2.75, 3.05) is 24.5 Å². The van der Waals surface area contributed by atoms with Gasteiger partial charge in [-0.15, -0.1) is 0 Å². The summed E-state index contributed by atoms with van der Waals surface area (Å²) in [5.74, 6) is 0. The van der Waals surface area contributed by atoms with E-state index < -0.39 is 3.79 Å². The van der Waals surface area contributed by atoms with Crippen LogP contribution in [0.15, 0.2) is 24.3 Å². The van der Waals surface area contributed by atoms with Crippen molar-refractivity contribution in [3.05, 3.63) is 29.8 Å². The van der Waals surface area contributed by atoms with Gasteiger partial charge in [0.25, 0.3) is 0 Å². The van der Waals surface area contributed by atoms with Crippen molar-refractivity contribution < 1.29 is 0 Å². The maximum Gasteiger partial charge on any atom is 0.209 e. The molecule has 0 heterocycles. The Kier molecular flexibility index (Phi) is 8.18. The van der Waals surface area contributed by atoms with E-state index in [0.717, 1.165) is 38.0 Å². The maximum absolute atomic E-state index is 6.13. The van der Waals surface area contributed by atoms with E-state index >= 15 is 0 Å². The zero-order valence-electron chi connectivity index (χ0n) is 13.0. The highest BCUT2D eigenvalue weighted by atomic mass is 35.6. The summed E-state index contributed by atoms with van der Waals surface area (Å²) in [5.41, 5.74) is 2.20. The van der Waals surface area contributed by atoms with Crippen LogP contribution in [0.3, 0.4) is 0 Å². The van der Waals surface area contributed by atoms with E-state index in [1.165, 1.54) is 5.69 Å². The standard InChI is InChI=1S/C16H25Cl3N2/c1-4-7-12-20-15(16(17,18)19)13-8-10-14(11-9-13)21(5-2)6-3/h8-11,15,20H,4-7,12H2,1-3H3/t15-/m1/s1. The van der Waals surface area contributed by atoms with Gasteiger partial charge in [0.2, 0.25) is 3.79 Å². The molecule has 0 spiro atoms. The molecule has 0 aromatic heterocycles. The number of anilines is 1. The minimum Gasteiger partial charge on any atom is -0.372 e. The Labute approximate surface area is 143 Å². The first-order valence-electron chi connectivity index (χ1n) is 7.59. The minimum absolute atomic E-state index is 0.292. The lowest BCUT2D eigenvalue weighted by molar-refractivity contribution is 0.527. The number of hydrogen-bond acceptors (Lipinski definition) is 2. The van der Waals surface area contributed by atoms with Crippen LogP contribution in [0.25, 0.3) is 0 Å². The van der Waals surface area contributed by atoms with Gasteiger partial charge >= 0.3 is 0 Å². The monoisotopic (exact) mass is 350 g/mol. The largest absolute Gasteiger partial charge is 0.372 e. The second-order valence-corrected chi connectivity index (χ2v) is 7.42. The lowest BCUT2D eigenvalue weighted by Gasteiger charge is -2.27. The third kappa shape index (κ3) is 5.86. The number of nitrogens with one attached hydrogen (secondary N) is 1. The predicted octanol–water partition coefficient (Wildman–Crippen LogP) is 5.33. The lowest BCUT2D eigenvalue weighted by atomic mass is 10.1. The molecule has 0 aliphatic carbocycles. The fourth-order valence-corrected chi connectivity index (χ4v) is 2.92. The molecule has 1 N–H and O–H groups in total. The molecule has 0 aliphatic heterocycles. The first-order valence-corrected chi connectivity index (χ1v) is 8.72. The first-order chi connectivity index (χ1) is 9.93. The highest BCUT2D eigenvalue weighted by molar-refractivity contribution is 6.68. The van der Waals surface area contributed by atoms with Crippen molar-refractivity contribution in [3.8, 4) is 0 Å². The zero-order valence-corrected chi connectivity index (χ0v) is 15.3. The van der Waals surface area contributed by atoms with Crippen LogP contribution in [0.5, 0.6) is 0 Å². The lowest BCUT2D eigenvalue weighted by Crippen LogP contribution is -2.32. The van der Waals surface area contributed by atoms with Crippen LogP contribution in [-0.4, -0.2) is 23.4 Å². The van der Waals surface area contributed by atoms with Gasteiger partial charge in [-0.1, -0.05) is 60.3 Å². The summed E-state index contributed by atoms with van der Waals surface area (Å²) in [5, 5.41) is 3.34. The number of nitrogens with zero attached hydrogens (tertiary/aromatic N) is 1. The van der Waals surface area contributed by atoms with Crippen LogP contribution >= 0.6 is 34.8 Å². The highest BCUT2D eigenvalue weighted by Crippen LogP contribution is 2.40. The second-order valence-electron chi connectivity index (χ2n) is 5.05. The van der Waals surface area contributed by atoms with Gasteiger partial charge < -0.3 is 10.2 Å². The van der Waals surface area contributed by atoms with Crippen molar-refractivity contribution >= 4 is 40.5 Å². The SMILES string of the molecule is CCCCN[C@H](c1ccc(N(CC)CC)cc1)C(Cl)(Cl)Cl. The van der Waals surface area contributed by atoms with Crippen LogP contribution in [0.2, 0.25) is 0 Å². The number of hydrogen-bond donors (Lipinski definition) is 1. The van der Waals surface area contributed by atoms with E-state index in [2.05, 4.69) is 43.1 Å². The van der Waals surface area contributed by atoms with Crippen LogP contribution in [0, 0.1) is 0 Å². The molecule has 0 unspecified atom stereocenters. The Morgan fingerprint density at radius 2 is 1.62 bits per heavy atom. The Balaban J connectivity index is 2.88. The second kappa shape index (κ2) is 9.09. The van der Waals surface area contributed by atoms with Crippen molar-refractivity contribution in [1.29, 1.82) is 0 Å². The van der Waals surface area contributed by atoms with Crippen molar-refractivity contribution in [2.24, 2.45) is 0 Å². The maximum atomic E-state index is 6.13. The smallest absolute Gasteiger partial charge is 0.209 e. The molecular formula is C16H25Cl3N2. The molecule has 5 heteroatoms. The molecule has 0 saturated carbocycles. The van der Waals surface area contributed by atoms with E-state index in [-0.39, 0.29) is 6.04 Å². The molecule has 0 radical (unpaired) electrons. The molecule has 0 saturated heterocycles. The molecule has 1 aromatic rings. The molecule has 1 rings (SSSR count). The van der Waals surface area contributed by atoms with E-state index in [0.29, 0.717) is 0 Å². The van der Waals surface area contributed by atoms with Gasteiger partial charge in [-0.2, -0.15) is 0 Å². The zero-order chi connectivity index (χ0) is 15.9. The van der Waals surface area contributed by atoms with Crippen molar-refractivity contribution in [3.63, 3.8) is 0 Å². The third-order valence-corrected chi connectivity index (χ3v) is 4.22. The number of unbranched alkanes of at least 4 members (excludes halogenated alkanes) is 1. The molecule has 1 aromatic carbocycles. The summed E-state index contributed by atoms with van der Waals surface area (Å²) in [7, 11) is 0. The molecule has 21 heavy (non-hydrogen) atoms.